The van der Waals surface area contributed by atoms with Crippen molar-refractivity contribution in [2.24, 2.45) is 11.8 Å². The van der Waals surface area contributed by atoms with E-state index < -0.39 is 0 Å². The molecule has 6 nitrogen and oxygen atoms in total. The molecule has 0 aliphatic carbocycles. The second-order valence-corrected chi connectivity index (χ2v) is 7.89. The van der Waals surface area contributed by atoms with Crippen molar-refractivity contribution in [3.05, 3.63) is 18.1 Å². The maximum Gasteiger partial charge on any atom is 0.219 e. The number of rotatable bonds is 4. The summed E-state index contributed by atoms with van der Waals surface area (Å²) in [6, 6.07) is 3.03. The van der Waals surface area contributed by atoms with Crippen molar-refractivity contribution in [3.8, 4) is 0 Å². The van der Waals surface area contributed by atoms with Crippen LogP contribution in [0.4, 0.5) is 5.82 Å². The average Bonchev–Trinajstić information content (AvgIpc) is 2.99. The Morgan fingerprint density at radius 3 is 2.56 bits per heavy atom. The zero-order valence-electron chi connectivity index (χ0n) is 15.9. The van der Waals surface area contributed by atoms with E-state index in [-0.39, 0.29) is 5.91 Å². The average molecular weight is 345 g/mol. The summed E-state index contributed by atoms with van der Waals surface area (Å²) in [5.74, 6) is 2.37. The summed E-state index contributed by atoms with van der Waals surface area (Å²) in [6.07, 6.45) is 3.81. The van der Waals surface area contributed by atoms with Crippen molar-refractivity contribution < 1.29 is 4.79 Å². The number of likely N-dealkylation sites (tertiary alicyclic amines) is 2. The van der Waals surface area contributed by atoms with Crippen molar-refractivity contribution in [2.75, 3.05) is 31.5 Å². The van der Waals surface area contributed by atoms with Crippen molar-refractivity contribution in [1.82, 2.24) is 19.8 Å². The molecule has 2 saturated heterocycles. The minimum atomic E-state index is 0.207. The SMILES string of the molecule is CC(=O)N1CCC(N2C[C@@H](Nc3cc(C)ncn3)[C@H](C(C)C)C2)CC1. The maximum absolute atomic E-state index is 11.5. The van der Waals surface area contributed by atoms with Gasteiger partial charge in [0.25, 0.3) is 0 Å². The first-order chi connectivity index (χ1) is 11.9. The number of nitrogens with one attached hydrogen (secondary N) is 1. The molecule has 6 heteroatoms. The van der Waals surface area contributed by atoms with E-state index >= 15 is 0 Å². The summed E-state index contributed by atoms with van der Waals surface area (Å²) in [5, 5.41) is 3.65. The lowest BCUT2D eigenvalue weighted by molar-refractivity contribution is -0.130. The number of carbonyl (C=O) groups excluding carboxylic acids is 1. The Morgan fingerprint density at radius 2 is 1.96 bits per heavy atom. The lowest BCUT2D eigenvalue weighted by Crippen LogP contribution is -2.46. The minimum absolute atomic E-state index is 0.207. The molecule has 3 rings (SSSR count). The van der Waals surface area contributed by atoms with Gasteiger partial charge in [-0.2, -0.15) is 0 Å². The molecule has 1 N–H and O–H groups in total. The van der Waals surface area contributed by atoms with Crippen molar-refractivity contribution in [1.29, 1.82) is 0 Å². The number of carbonyl (C=O) groups is 1. The summed E-state index contributed by atoms with van der Waals surface area (Å²) >= 11 is 0. The molecule has 1 aromatic rings. The first-order valence-electron chi connectivity index (χ1n) is 9.48. The van der Waals surface area contributed by atoms with Crippen LogP contribution in [-0.4, -0.2) is 63.9 Å². The molecular weight excluding hydrogens is 314 g/mol. The summed E-state index contributed by atoms with van der Waals surface area (Å²) in [5.41, 5.74) is 0.991. The van der Waals surface area contributed by atoms with Gasteiger partial charge in [0.15, 0.2) is 0 Å². The van der Waals surface area contributed by atoms with Gasteiger partial charge in [-0.15, -0.1) is 0 Å². The van der Waals surface area contributed by atoms with Crippen LogP contribution < -0.4 is 5.32 Å². The Balaban J connectivity index is 1.63. The second-order valence-electron chi connectivity index (χ2n) is 7.89. The number of hydrogen-bond acceptors (Lipinski definition) is 5. The Labute approximate surface area is 151 Å². The van der Waals surface area contributed by atoms with Crippen LogP contribution in [0.3, 0.4) is 0 Å². The number of nitrogens with zero attached hydrogens (tertiary/aromatic N) is 4. The standard InChI is InChI=1S/C19H31N5O/c1-13(2)17-10-24(16-5-7-23(8-6-16)15(4)25)11-18(17)22-19-9-14(3)20-12-21-19/h9,12-13,16-18H,5-8,10-11H2,1-4H3,(H,20,21,22)/t17-,18+/m0/s1. The van der Waals surface area contributed by atoms with E-state index in [1.54, 1.807) is 13.3 Å². The highest BCUT2D eigenvalue weighted by molar-refractivity contribution is 5.73. The number of hydrogen-bond donors (Lipinski definition) is 1. The van der Waals surface area contributed by atoms with Crippen LogP contribution >= 0.6 is 0 Å². The van der Waals surface area contributed by atoms with Gasteiger partial charge < -0.3 is 10.2 Å². The molecule has 3 heterocycles. The van der Waals surface area contributed by atoms with Crippen LogP contribution in [0.15, 0.2) is 12.4 Å². The van der Waals surface area contributed by atoms with Crippen molar-refractivity contribution in [3.63, 3.8) is 0 Å². The van der Waals surface area contributed by atoms with Gasteiger partial charge in [0.1, 0.15) is 12.1 Å². The fourth-order valence-corrected chi connectivity index (χ4v) is 4.26. The molecule has 1 aromatic heterocycles. The van der Waals surface area contributed by atoms with Gasteiger partial charge in [-0.05, 0) is 31.6 Å². The van der Waals surface area contributed by atoms with Crippen molar-refractivity contribution >= 4 is 11.7 Å². The third-order valence-electron chi connectivity index (χ3n) is 5.81. The smallest absolute Gasteiger partial charge is 0.219 e. The van der Waals surface area contributed by atoms with Gasteiger partial charge in [0, 0.05) is 56.9 Å². The zero-order valence-corrected chi connectivity index (χ0v) is 15.9. The fourth-order valence-electron chi connectivity index (χ4n) is 4.26. The highest BCUT2D eigenvalue weighted by Crippen LogP contribution is 2.30. The van der Waals surface area contributed by atoms with E-state index in [0.717, 1.165) is 50.5 Å². The molecule has 2 fully saturated rings. The quantitative estimate of drug-likeness (QED) is 0.906. The van der Waals surface area contributed by atoms with Gasteiger partial charge >= 0.3 is 0 Å². The first kappa shape index (κ1) is 18.1. The molecule has 1 amide bonds. The van der Waals surface area contributed by atoms with Crippen LogP contribution in [0, 0.1) is 18.8 Å². The summed E-state index contributed by atoms with van der Waals surface area (Å²) < 4.78 is 0. The molecule has 0 unspecified atom stereocenters. The molecule has 0 saturated carbocycles. The third-order valence-corrected chi connectivity index (χ3v) is 5.81. The summed E-state index contributed by atoms with van der Waals surface area (Å²) in [7, 11) is 0. The lowest BCUT2D eigenvalue weighted by atomic mass is 9.91. The number of aromatic nitrogens is 2. The molecule has 2 atom stereocenters. The minimum Gasteiger partial charge on any atom is -0.366 e. The summed E-state index contributed by atoms with van der Waals surface area (Å²) in [4.78, 5) is 24.7. The van der Waals surface area contributed by atoms with E-state index in [1.807, 2.05) is 17.9 Å². The van der Waals surface area contributed by atoms with E-state index in [9.17, 15) is 4.79 Å². The summed E-state index contributed by atoms with van der Waals surface area (Å²) in [6.45, 7) is 12.3. The van der Waals surface area contributed by atoms with Crippen LogP contribution in [0.2, 0.25) is 0 Å². The van der Waals surface area contributed by atoms with Gasteiger partial charge in [-0.25, -0.2) is 9.97 Å². The van der Waals surface area contributed by atoms with Gasteiger partial charge in [-0.1, -0.05) is 13.8 Å². The Morgan fingerprint density at radius 1 is 1.24 bits per heavy atom. The molecule has 0 aromatic carbocycles. The van der Waals surface area contributed by atoms with Crippen LogP contribution in [0.1, 0.15) is 39.3 Å². The predicted molar refractivity (Wildman–Crippen MR) is 99.4 cm³/mol. The van der Waals surface area contributed by atoms with Crippen LogP contribution in [0.5, 0.6) is 0 Å². The Hall–Kier alpha value is -1.69. The number of anilines is 1. The Kier molecular flexibility index (Phi) is 5.57. The fraction of sp³-hybridized carbons (Fsp3) is 0.737. The predicted octanol–water partition coefficient (Wildman–Crippen LogP) is 2.16. The highest BCUT2D eigenvalue weighted by atomic mass is 16.2. The molecule has 25 heavy (non-hydrogen) atoms. The maximum atomic E-state index is 11.5. The van der Waals surface area contributed by atoms with Crippen molar-refractivity contribution in [2.45, 2.75) is 52.6 Å². The lowest BCUT2D eigenvalue weighted by Gasteiger charge is -2.36. The molecule has 2 aliphatic heterocycles. The number of aryl methyl sites for hydroxylation is 1. The molecule has 0 bridgehead atoms. The van der Waals surface area contributed by atoms with Gasteiger partial charge in [0.2, 0.25) is 5.91 Å². The van der Waals surface area contributed by atoms with E-state index in [2.05, 4.69) is 34.0 Å². The molecular formula is C19H31N5O. The monoisotopic (exact) mass is 345 g/mol. The molecule has 2 aliphatic rings. The second kappa shape index (κ2) is 7.68. The van der Waals surface area contributed by atoms with Crippen LogP contribution in [-0.2, 0) is 4.79 Å². The van der Waals surface area contributed by atoms with Gasteiger partial charge in [0.05, 0.1) is 0 Å². The van der Waals surface area contributed by atoms with Gasteiger partial charge in [-0.3, -0.25) is 9.69 Å². The molecule has 0 spiro atoms. The van der Waals surface area contributed by atoms with E-state index in [1.165, 1.54) is 0 Å². The van der Waals surface area contributed by atoms with Crippen LogP contribution in [0.25, 0.3) is 0 Å². The molecule has 0 radical (unpaired) electrons. The molecule has 138 valence electrons. The topological polar surface area (TPSA) is 61.4 Å². The largest absolute Gasteiger partial charge is 0.366 e. The highest BCUT2D eigenvalue weighted by Gasteiger charge is 2.38. The zero-order chi connectivity index (χ0) is 18.0. The Bertz CT molecular complexity index is 597. The number of amides is 1. The van der Waals surface area contributed by atoms with E-state index in [4.69, 9.17) is 0 Å². The van der Waals surface area contributed by atoms with E-state index in [0.29, 0.717) is 23.9 Å². The third kappa shape index (κ3) is 4.29. The first-order valence-corrected chi connectivity index (χ1v) is 9.48. The number of piperidine rings is 1. The normalized spacial score (nSPS) is 25.6.